The van der Waals surface area contributed by atoms with Gasteiger partial charge in [0.2, 0.25) is 5.91 Å². The van der Waals surface area contributed by atoms with Crippen molar-refractivity contribution in [2.45, 2.75) is 50.8 Å². The van der Waals surface area contributed by atoms with Gasteiger partial charge in [-0.05, 0) is 38.0 Å². The van der Waals surface area contributed by atoms with Gasteiger partial charge in [0, 0.05) is 18.8 Å². The molecule has 0 radical (unpaired) electrons. The van der Waals surface area contributed by atoms with Crippen LogP contribution in [0.15, 0.2) is 24.3 Å². The summed E-state index contributed by atoms with van der Waals surface area (Å²) >= 11 is 0. The quantitative estimate of drug-likeness (QED) is 0.878. The number of hydrogen-bond donors (Lipinski definition) is 2. The lowest BCUT2D eigenvalue weighted by molar-refractivity contribution is -0.118. The molecule has 3 atom stereocenters. The lowest BCUT2D eigenvalue weighted by Gasteiger charge is -2.33. The standard InChI is InChI=1S/C16H23FN2O2/c1-11(18-14-8-3-4-9-15(14)21-2)16(20)19-13-7-5-6-12(17)10-13/h5-7,10-11,14-15,18H,3-4,8-9H2,1-2H3,(H,19,20)/t11-,14+,15+/m0/s1. The fourth-order valence-electron chi connectivity index (χ4n) is 2.78. The molecule has 21 heavy (non-hydrogen) atoms. The third kappa shape index (κ3) is 4.51. The van der Waals surface area contributed by atoms with Gasteiger partial charge in [-0.3, -0.25) is 4.79 Å². The van der Waals surface area contributed by atoms with Crippen LogP contribution in [0.25, 0.3) is 0 Å². The first-order valence-electron chi connectivity index (χ1n) is 7.45. The molecule has 2 rings (SSSR count). The summed E-state index contributed by atoms with van der Waals surface area (Å²) in [5.41, 5.74) is 0.473. The average Bonchev–Trinajstić information content (AvgIpc) is 2.47. The molecular weight excluding hydrogens is 271 g/mol. The maximum Gasteiger partial charge on any atom is 0.241 e. The van der Waals surface area contributed by atoms with Gasteiger partial charge in [-0.1, -0.05) is 18.9 Å². The van der Waals surface area contributed by atoms with Crippen LogP contribution in [-0.4, -0.2) is 31.2 Å². The van der Waals surface area contributed by atoms with Crippen LogP contribution in [0, 0.1) is 5.82 Å². The topological polar surface area (TPSA) is 50.4 Å². The summed E-state index contributed by atoms with van der Waals surface area (Å²) in [7, 11) is 1.71. The van der Waals surface area contributed by atoms with Crippen LogP contribution < -0.4 is 10.6 Å². The van der Waals surface area contributed by atoms with Gasteiger partial charge < -0.3 is 15.4 Å². The van der Waals surface area contributed by atoms with Crippen molar-refractivity contribution >= 4 is 11.6 Å². The van der Waals surface area contributed by atoms with E-state index in [9.17, 15) is 9.18 Å². The summed E-state index contributed by atoms with van der Waals surface area (Å²) in [4.78, 5) is 12.2. The molecule has 1 fully saturated rings. The van der Waals surface area contributed by atoms with E-state index in [0.29, 0.717) is 5.69 Å². The number of anilines is 1. The van der Waals surface area contributed by atoms with Crippen molar-refractivity contribution in [2.75, 3.05) is 12.4 Å². The SMILES string of the molecule is CO[C@@H]1CCCC[C@H]1N[C@@H](C)C(=O)Nc1cccc(F)c1. The van der Waals surface area contributed by atoms with E-state index in [1.54, 1.807) is 19.2 Å². The molecule has 4 nitrogen and oxygen atoms in total. The minimum atomic E-state index is -0.361. The Morgan fingerprint density at radius 3 is 2.86 bits per heavy atom. The Balaban J connectivity index is 1.90. The van der Waals surface area contributed by atoms with Gasteiger partial charge in [-0.25, -0.2) is 4.39 Å². The number of nitrogens with one attached hydrogen (secondary N) is 2. The van der Waals surface area contributed by atoms with Crippen LogP contribution in [0.4, 0.5) is 10.1 Å². The Hall–Kier alpha value is -1.46. The van der Waals surface area contributed by atoms with E-state index in [4.69, 9.17) is 4.74 Å². The third-order valence-electron chi connectivity index (χ3n) is 3.95. The molecule has 1 aliphatic rings. The molecule has 0 saturated heterocycles. The number of ether oxygens (including phenoxy) is 1. The van der Waals surface area contributed by atoms with Crippen LogP contribution in [0.5, 0.6) is 0 Å². The number of rotatable bonds is 5. The van der Waals surface area contributed by atoms with E-state index in [2.05, 4.69) is 10.6 Å². The number of benzene rings is 1. The van der Waals surface area contributed by atoms with E-state index in [1.165, 1.54) is 18.6 Å². The van der Waals surface area contributed by atoms with E-state index >= 15 is 0 Å². The summed E-state index contributed by atoms with van der Waals surface area (Å²) in [6, 6.07) is 5.74. The molecule has 0 spiro atoms. The Kier molecular flexibility index (Phi) is 5.70. The molecule has 0 heterocycles. The van der Waals surface area contributed by atoms with Crippen LogP contribution in [-0.2, 0) is 9.53 Å². The van der Waals surface area contributed by atoms with Gasteiger partial charge in [0.05, 0.1) is 12.1 Å². The predicted molar refractivity (Wildman–Crippen MR) is 80.7 cm³/mol. The minimum absolute atomic E-state index is 0.156. The molecule has 1 aromatic carbocycles. The lowest BCUT2D eigenvalue weighted by atomic mass is 9.92. The maximum absolute atomic E-state index is 13.1. The fraction of sp³-hybridized carbons (Fsp3) is 0.562. The third-order valence-corrected chi connectivity index (χ3v) is 3.95. The zero-order valence-corrected chi connectivity index (χ0v) is 12.6. The largest absolute Gasteiger partial charge is 0.380 e. The van der Waals surface area contributed by atoms with Gasteiger partial charge in [0.25, 0.3) is 0 Å². The highest BCUT2D eigenvalue weighted by Gasteiger charge is 2.27. The molecule has 1 saturated carbocycles. The second-order valence-corrected chi connectivity index (χ2v) is 5.55. The Labute approximate surface area is 125 Å². The monoisotopic (exact) mass is 294 g/mol. The summed E-state index contributed by atoms with van der Waals surface area (Å²) in [6.07, 6.45) is 4.50. The molecule has 0 unspecified atom stereocenters. The Morgan fingerprint density at radius 1 is 1.38 bits per heavy atom. The first-order chi connectivity index (χ1) is 10.1. The highest BCUT2D eigenvalue weighted by atomic mass is 19.1. The van der Waals surface area contributed by atoms with Gasteiger partial charge in [0.15, 0.2) is 0 Å². The average molecular weight is 294 g/mol. The molecule has 2 N–H and O–H groups in total. The minimum Gasteiger partial charge on any atom is -0.380 e. The molecule has 1 aromatic rings. The van der Waals surface area contributed by atoms with E-state index < -0.39 is 0 Å². The van der Waals surface area contributed by atoms with Crippen molar-refractivity contribution in [1.82, 2.24) is 5.32 Å². The maximum atomic E-state index is 13.1. The molecule has 0 aromatic heterocycles. The zero-order valence-electron chi connectivity index (χ0n) is 12.6. The number of hydrogen-bond acceptors (Lipinski definition) is 3. The van der Waals surface area contributed by atoms with Crippen molar-refractivity contribution in [3.63, 3.8) is 0 Å². The number of carbonyl (C=O) groups is 1. The van der Waals surface area contributed by atoms with E-state index in [1.807, 2.05) is 6.92 Å². The summed E-state index contributed by atoms with van der Waals surface area (Å²) in [5.74, 6) is -0.527. The van der Waals surface area contributed by atoms with E-state index in [0.717, 1.165) is 19.3 Å². The first kappa shape index (κ1) is 15.9. The molecule has 1 aliphatic carbocycles. The lowest BCUT2D eigenvalue weighted by Crippen LogP contribution is -2.50. The van der Waals surface area contributed by atoms with Crippen molar-refractivity contribution in [2.24, 2.45) is 0 Å². The number of amides is 1. The van der Waals surface area contributed by atoms with Crippen LogP contribution in [0.3, 0.4) is 0 Å². The second kappa shape index (κ2) is 7.52. The van der Waals surface area contributed by atoms with Gasteiger partial charge in [-0.2, -0.15) is 0 Å². The van der Waals surface area contributed by atoms with Crippen LogP contribution >= 0.6 is 0 Å². The molecule has 0 aliphatic heterocycles. The van der Waals surface area contributed by atoms with Crippen molar-refractivity contribution in [3.05, 3.63) is 30.1 Å². The van der Waals surface area contributed by atoms with E-state index in [-0.39, 0.29) is 29.9 Å². The molecule has 0 bridgehead atoms. The molecule has 116 valence electrons. The highest BCUT2D eigenvalue weighted by molar-refractivity contribution is 5.94. The number of methoxy groups -OCH3 is 1. The van der Waals surface area contributed by atoms with Gasteiger partial charge in [0.1, 0.15) is 5.82 Å². The fourth-order valence-corrected chi connectivity index (χ4v) is 2.78. The highest BCUT2D eigenvalue weighted by Crippen LogP contribution is 2.21. The van der Waals surface area contributed by atoms with Crippen molar-refractivity contribution in [1.29, 1.82) is 0 Å². The first-order valence-corrected chi connectivity index (χ1v) is 7.45. The van der Waals surface area contributed by atoms with Gasteiger partial charge in [-0.15, -0.1) is 0 Å². The summed E-state index contributed by atoms with van der Waals surface area (Å²) in [6.45, 7) is 1.82. The number of halogens is 1. The van der Waals surface area contributed by atoms with Crippen molar-refractivity contribution < 1.29 is 13.9 Å². The van der Waals surface area contributed by atoms with Crippen LogP contribution in [0.2, 0.25) is 0 Å². The molecule has 5 heteroatoms. The number of carbonyl (C=O) groups excluding carboxylic acids is 1. The smallest absolute Gasteiger partial charge is 0.241 e. The molecular formula is C16H23FN2O2. The summed E-state index contributed by atoms with van der Waals surface area (Å²) in [5, 5.41) is 6.05. The molecule has 1 amide bonds. The Bertz CT molecular complexity index is 481. The van der Waals surface area contributed by atoms with Gasteiger partial charge >= 0.3 is 0 Å². The normalized spacial score (nSPS) is 23.6. The van der Waals surface area contributed by atoms with Crippen LogP contribution in [0.1, 0.15) is 32.6 Å². The summed E-state index contributed by atoms with van der Waals surface area (Å²) < 4.78 is 18.6. The second-order valence-electron chi connectivity index (χ2n) is 5.55. The zero-order chi connectivity index (χ0) is 15.2. The Morgan fingerprint density at radius 2 is 2.14 bits per heavy atom. The van der Waals surface area contributed by atoms with Crippen molar-refractivity contribution in [3.8, 4) is 0 Å². The predicted octanol–water partition coefficient (Wildman–Crippen LogP) is 2.70.